The van der Waals surface area contributed by atoms with Crippen LogP contribution in [0.4, 0.5) is 4.79 Å². The summed E-state index contributed by atoms with van der Waals surface area (Å²) in [6, 6.07) is 6.08. The monoisotopic (exact) mass is 398 g/mol. The lowest BCUT2D eigenvalue weighted by atomic mass is 9.98. The Morgan fingerprint density at radius 2 is 1.97 bits per heavy atom. The lowest BCUT2D eigenvalue weighted by molar-refractivity contribution is -0.131. The molecule has 4 amide bonds. The Morgan fingerprint density at radius 3 is 2.66 bits per heavy atom. The number of carbonyl (C=O) groups excluding carboxylic acids is 3. The maximum atomic E-state index is 12.6. The minimum absolute atomic E-state index is 0.0137. The molecule has 1 saturated heterocycles. The smallest absolute Gasteiger partial charge is 0.325 e. The van der Waals surface area contributed by atoms with E-state index in [2.05, 4.69) is 15.6 Å². The molecule has 2 aromatic heterocycles. The van der Waals surface area contributed by atoms with E-state index in [0.717, 1.165) is 12.8 Å². The number of imide groups is 1. The van der Waals surface area contributed by atoms with Crippen LogP contribution in [0.15, 0.2) is 39.7 Å². The van der Waals surface area contributed by atoms with Gasteiger partial charge < -0.3 is 20.0 Å². The summed E-state index contributed by atoms with van der Waals surface area (Å²) in [5.41, 5.74) is -0.770. The first-order chi connectivity index (χ1) is 14.0. The largest absolute Gasteiger partial charge is 0.463 e. The zero-order valence-electron chi connectivity index (χ0n) is 15.8. The summed E-state index contributed by atoms with van der Waals surface area (Å²) in [5, 5.41) is 5.48. The highest BCUT2D eigenvalue weighted by Crippen LogP contribution is 2.34. The Morgan fingerprint density at radius 1 is 1.17 bits per heavy atom. The van der Waals surface area contributed by atoms with Gasteiger partial charge in [0.25, 0.3) is 17.4 Å². The Balaban J connectivity index is 1.30. The Labute approximate surface area is 166 Å². The van der Waals surface area contributed by atoms with Crippen molar-refractivity contribution in [1.29, 1.82) is 0 Å². The molecule has 2 fully saturated rings. The fourth-order valence-corrected chi connectivity index (χ4v) is 3.96. The number of carbonyl (C=O) groups is 3. The number of hydrogen-bond acceptors (Lipinski definition) is 5. The van der Waals surface area contributed by atoms with E-state index in [1.54, 1.807) is 18.2 Å². The SMILES string of the molecule is O=C(NCCCN1C(=O)NC2(CCCC2)C1=O)c1ccc(-c2ccco2)[nH]c1=O. The Bertz CT molecular complexity index is 989. The summed E-state index contributed by atoms with van der Waals surface area (Å²) < 4.78 is 5.22. The van der Waals surface area contributed by atoms with Gasteiger partial charge in [-0.3, -0.25) is 19.3 Å². The number of amides is 4. The van der Waals surface area contributed by atoms with Crippen LogP contribution in [0, 0.1) is 0 Å². The van der Waals surface area contributed by atoms with E-state index in [9.17, 15) is 19.2 Å². The highest BCUT2D eigenvalue weighted by atomic mass is 16.3. The number of H-pyrrole nitrogens is 1. The second kappa shape index (κ2) is 7.57. The molecule has 9 heteroatoms. The van der Waals surface area contributed by atoms with Crippen LogP contribution in [-0.4, -0.2) is 46.4 Å². The molecule has 3 N–H and O–H groups in total. The maximum Gasteiger partial charge on any atom is 0.325 e. The molecule has 1 aliphatic carbocycles. The van der Waals surface area contributed by atoms with Crippen LogP contribution in [0.25, 0.3) is 11.5 Å². The lowest BCUT2D eigenvalue weighted by Gasteiger charge is -2.20. The highest BCUT2D eigenvalue weighted by molar-refractivity contribution is 6.07. The van der Waals surface area contributed by atoms with E-state index in [0.29, 0.717) is 30.7 Å². The molecule has 9 nitrogen and oxygen atoms in total. The first-order valence-electron chi connectivity index (χ1n) is 9.70. The van der Waals surface area contributed by atoms with E-state index in [1.165, 1.54) is 17.2 Å². The van der Waals surface area contributed by atoms with Gasteiger partial charge in [-0.15, -0.1) is 0 Å². The van der Waals surface area contributed by atoms with Crippen LogP contribution in [0.3, 0.4) is 0 Å². The molecule has 152 valence electrons. The number of hydrogen-bond donors (Lipinski definition) is 3. The predicted octanol–water partition coefficient (Wildman–Crippen LogP) is 1.62. The van der Waals surface area contributed by atoms with Crippen molar-refractivity contribution in [3.8, 4) is 11.5 Å². The van der Waals surface area contributed by atoms with Gasteiger partial charge in [-0.1, -0.05) is 12.8 Å². The number of nitrogens with one attached hydrogen (secondary N) is 3. The second-order valence-corrected chi connectivity index (χ2v) is 7.38. The topological polar surface area (TPSA) is 125 Å². The van der Waals surface area contributed by atoms with E-state index >= 15 is 0 Å². The van der Waals surface area contributed by atoms with Crippen LogP contribution >= 0.6 is 0 Å². The predicted molar refractivity (Wildman–Crippen MR) is 103 cm³/mol. The number of urea groups is 1. The minimum Gasteiger partial charge on any atom is -0.463 e. The molecular weight excluding hydrogens is 376 g/mol. The fraction of sp³-hybridized carbons (Fsp3) is 0.400. The number of nitrogens with zero attached hydrogens (tertiary/aromatic N) is 1. The van der Waals surface area contributed by atoms with Gasteiger partial charge in [0.2, 0.25) is 0 Å². The van der Waals surface area contributed by atoms with Crippen molar-refractivity contribution in [1.82, 2.24) is 20.5 Å². The van der Waals surface area contributed by atoms with Crippen LogP contribution in [-0.2, 0) is 4.79 Å². The lowest BCUT2D eigenvalue weighted by Crippen LogP contribution is -2.44. The van der Waals surface area contributed by atoms with Crippen LogP contribution in [0.1, 0.15) is 42.5 Å². The van der Waals surface area contributed by atoms with Gasteiger partial charge in [-0.2, -0.15) is 0 Å². The van der Waals surface area contributed by atoms with Gasteiger partial charge in [0, 0.05) is 13.1 Å². The molecule has 2 aromatic rings. The number of pyridine rings is 1. The molecule has 29 heavy (non-hydrogen) atoms. The molecule has 0 unspecified atom stereocenters. The van der Waals surface area contributed by atoms with Crippen molar-refractivity contribution in [2.24, 2.45) is 0 Å². The van der Waals surface area contributed by atoms with Crippen molar-refractivity contribution in [2.75, 3.05) is 13.1 Å². The quantitative estimate of drug-likeness (QED) is 0.504. The summed E-state index contributed by atoms with van der Waals surface area (Å²) in [6.45, 7) is 0.461. The van der Waals surface area contributed by atoms with E-state index in [4.69, 9.17) is 4.42 Å². The Hall–Kier alpha value is -3.36. The molecule has 1 aliphatic heterocycles. The summed E-state index contributed by atoms with van der Waals surface area (Å²) in [6.07, 6.45) is 5.13. The van der Waals surface area contributed by atoms with Crippen LogP contribution < -0.4 is 16.2 Å². The number of aromatic nitrogens is 1. The number of rotatable bonds is 6. The third-order valence-electron chi connectivity index (χ3n) is 5.49. The van der Waals surface area contributed by atoms with Gasteiger partial charge in [0.05, 0.1) is 12.0 Å². The highest BCUT2D eigenvalue weighted by Gasteiger charge is 2.51. The van der Waals surface area contributed by atoms with Crippen LogP contribution in [0.2, 0.25) is 0 Å². The van der Waals surface area contributed by atoms with Crippen LogP contribution in [0.5, 0.6) is 0 Å². The van der Waals surface area contributed by atoms with Crippen molar-refractivity contribution in [2.45, 2.75) is 37.6 Å². The maximum absolute atomic E-state index is 12.6. The summed E-state index contributed by atoms with van der Waals surface area (Å²) >= 11 is 0. The molecule has 1 saturated carbocycles. The fourth-order valence-electron chi connectivity index (χ4n) is 3.96. The van der Waals surface area contributed by atoms with Crippen molar-refractivity contribution >= 4 is 17.8 Å². The summed E-state index contributed by atoms with van der Waals surface area (Å²) in [5.74, 6) is -0.180. The molecule has 0 aromatic carbocycles. The molecule has 0 bridgehead atoms. The molecule has 4 rings (SSSR count). The summed E-state index contributed by atoms with van der Waals surface area (Å²) in [7, 11) is 0. The molecule has 3 heterocycles. The molecular formula is C20H22N4O5. The normalized spacial score (nSPS) is 17.7. The van der Waals surface area contributed by atoms with Crippen molar-refractivity contribution in [3.05, 3.63) is 46.4 Å². The number of aromatic amines is 1. The standard InChI is InChI=1S/C20H22N4O5/c25-16(13-6-7-14(22-17(13)26)15-5-3-12-29-15)21-10-4-11-24-18(27)20(23-19(24)28)8-1-2-9-20/h3,5-7,12H,1-2,4,8-11H2,(H,21,25)(H,22,26)(H,23,28). The molecule has 0 radical (unpaired) electrons. The zero-order chi connectivity index (χ0) is 20.4. The Kier molecular flexibility index (Phi) is 4.96. The first kappa shape index (κ1) is 19.0. The third-order valence-corrected chi connectivity index (χ3v) is 5.49. The summed E-state index contributed by atoms with van der Waals surface area (Å²) in [4.78, 5) is 53.0. The van der Waals surface area contributed by atoms with Gasteiger partial charge in [-0.25, -0.2) is 4.79 Å². The van der Waals surface area contributed by atoms with Gasteiger partial charge in [0.15, 0.2) is 0 Å². The average molecular weight is 398 g/mol. The second-order valence-electron chi connectivity index (χ2n) is 7.38. The van der Waals surface area contributed by atoms with E-state index in [-0.39, 0.29) is 30.6 Å². The van der Waals surface area contributed by atoms with Gasteiger partial charge >= 0.3 is 6.03 Å². The van der Waals surface area contributed by atoms with E-state index in [1.807, 2.05) is 0 Å². The third kappa shape index (κ3) is 3.55. The minimum atomic E-state index is -0.719. The molecule has 1 spiro atoms. The average Bonchev–Trinajstić information content (AvgIpc) is 3.43. The van der Waals surface area contributed by atoms with Crippen molar-refractivity contribution < 1.29 is 18.8 Å². The first-order valence-corrected chi connectivity index (χ1v) is 9.70. The van der Waals surface area contributed by atoms with Crippen molar-refractivity contribution in [3.63, 3.8) is 0 Å². The number of furan rings is 1. The van der Waals surface area contributed by atoms with E-state index < -0.39 is 17.0 Å². The molecule has 0 atom stereocenters. The van der Waals surface area contributed by atoms with Gasteiger partial charge in [-0.05, 0) is 43.5 Å². The molecule has 2 aliphatic rings. The zero-order valence-corrected chi connectivity index (χ0v) is 15.8. The van der Waals surface area contributed by atoms with Gasteiger partial charge in [0.1, 0.15) is 16.9 Å².